The van der Waals surface area contributed by atoms with Crippen molar-refractivity contribution in [1.82, 2.24) is 5.32 Å². The van der Waals surface area contributed by atoms with Crippen LogP contribution in [0.3, 0.4) is 0 Å². The van der Waals surface area contributed by atoms with Crippen LogP contribution < -0.4 is 10.6 Å². The Morgan fingerprint density at radius 2 is 1.68 bits per heavy atom. The maximum absolute atomic E-state index is 11.5. The smallest absolute Gasteiger partial charge is 0.308 e. The van der Waals surface area contributed by atoms with Gasteiger partial charge in [0.2, 0.25) is 5.91 Å². The van der Waals surface area contributed by atoms with Gasteiger partial charge >= 0.3 is 6.03 Å². The molecule has 2 N–H and O–H groups in total. The van der Waals surface area contributed by atoms with Crippen LogP contribution in [0.2, 0.25) is 0 Å². The highest BCUT2D eigenvalue weighted by atomic mass is 35.5. The first kappa shape index (κ1) is 15.5. The molecule has 0 saturated carbocycles. The lowest BCUT2D eigenvalue weighted by Crippen LogP contribution is -2.38. The maximum Gasteiger partial charge on any atom is 0.325 e. The molecular formula is C14H19ClN2O2. The molecule has 1 aromatic carbocycles. The molecule has 0 aliphatic carbocycles. The number of carbonyl (C=O) groups is 2. The Kier molecular flexibility index (Phi) is 4.95. The summed E-state index contributed by atoms with van der Waals surface area (Å²) in [4.78, 5) is 22.7. The van der Waals surface area contributed by atoms with Gasteiger partial charge in [-0.3, -0.25) is 10.1 Å². The molecule has 0 saturated heterocycles. The first-order chi connectivity index (χ1) is 8.70. The van der Waals surface area contributed by atoms with Crippen molar-refractivity contribution in [3.63, 3.8) is 0 Å². The Bertz CT molecular complexity index is 461. The van der Waals surface area contributed by atoms with E-state index in [9.17, 15) is 9.59 Å². The molecule has 5 heteroatoms. The van der Waals surface area contributed by atoms with Gasteiger partial charge in [0.1, 0.15) is 5.38 Å². The van der Waals surface area contributed by atoms with Gasteiger partial charge in [0, 0.05) is 5.69 Å². The van der Waals surface area contributed by atoms with Gasteiger partial charge in [-0.2, -0.15) is 0 Å². The third-order valence-corrected chi connectivity index (χ3v) is 2.81. The summed E-state index contributed by atoms with van der Waals surface area (Å²) in [5.41, 5.74) is 1.86. The fraction of sp³-hybridized carbons (Fsp3) is 0.429. The molecule has 0 spiro atoms. The number of hydrogen-bond acceptors (Lipinski definition) is 2. The maximum atomic E-state index is 11.5. The van der Waals surface area contributed by atoms with Gasteiger partial charge in [-0.1, -0.05) is 32.9 Å². The van der Waals surface area contributed by atoms with Gasteiger partial charge < -0.3 is 5.32 Å². The number of benzene rings is 1. The van der Waals surface area contributed by atoms with Crippen LogP contribution in [0.5, 0.6) is 0 Å². The number of urea groups is 1. The van der Waals surface area contributed by atoms with E-state index in [4.69, 9.17) is 11.6 Å². The van der Waals surface area contributed by atoms with E-state index in [0.717, 1.165) is 0 Å². The van der Waals surface area contributed by atoms with Crippen LogP contribution in [0.25, 0.3) is 0 Å². The highest BCUT2D eigenvalue weighted by Gasteiger charge is 2.15. The molecular weight excluding hydrogens is 264 g/mol. The zero-order valence-electron chi connectivity index (χ0n) is 11.6. The van der Waals surface area contributed by atoms with Crippen molar-refractivity contribution in [3.05, 3.63) is 29.8 Å². The zero-order chi connectivity index (χ0) is 14.6. The van der Waals surface area contributed by atoms with E-state index in [2.05, 4.69) is 31.4 Å². The summed E-state index contributed by atoms with van der Waals surface area (Å²) in [5.74, 6) is -0.523. The van der Waals surface area contributed by atoms with Crippen molar-refractivity contribution < 1.29 is 9.59 Å². The second-order valence-corrected chi connectivity index (χ2v) is 6.04. The monoisotopic (exact) mass is 282 g/mol. The second-order valence-electron chi connectivity index (χ2n) is 5.39. The predicted molar refractivity (Wildman–Crippen MR) is 77.6 cm³/mol. The van der Waals surface area contributed by atoms with Crippen molar-refractivity contribution in [2.24, 2.45) is 0 Å². The van der Waals surface area contributed by atoms with Crippen LogP contribution >= 0.6 is 11.6 Å². The topological polar surface area (TPSA) is 58.2 Å². The lowest BCUT2D eigenvalue weighted by Gasteiger charge is -2.19. The second kappa shape index (κ2) is 6.06. The molecule has 0 radical (unpaired) electrons. The van der Waals surface area contributed by atoms with Crippen LogP contribution in [-0.2, 0) is 10.2 Å². The van der Waals surface area contributed by atoms with E-state index in [1.807, 2.05) is 12.1 Å². The fourth-order valence-corrected chi connectivity index (χ4v) is 1.48. The first-order valence-electron chi connectivity index (χ1n) is 6.06. The summed E-state index contributed by atoms with van der Waals surface area (Å²) >= 11 is 5.55. The largest absolute Gasteiger partial charge is 0.325 e. The number of amides is 3. The number of hydrogen-bond donors (Lipinski definition) is 2. The van der Waals surface area contributed by atoms with Gasteiger partial charge in [0.15, 0.2) is 0 Å². The van der Waals surface area contributed by atoms with Gasteiger partial charge in [0.05, 0.1) is 0 Å². The van der Waals surface area contributed by atoms with E-state index < -0.39 is 17.3 Å². The van der Waals surface area contributed by atoms with Crippen LogP contribution in [0, 0.1) is 0 Å². The summed E-state index contributed by atoms with van der Waals surface area (Å²) in [5, 5.41) is 3.99. The zero-order valence-corrected chi connectivity index (χ0v) is 12.3. The molecule has 1 atom stereocenters. The van der Waals surface area contributed by atoms with Crippen molar-refractivity contribution >= 4 is 29.2 Å². The molecule has 1 aromatic rings. The standard InChI is InChI=1S/C14H19ClN2O2/c1-9(15)12(18)17-13(19)16-11-7-5-10(6-8-11)14(2,3)4/h5-9H,1-4H3,(H2,16,17,18,19). The van der Waals surface area contributed by atoms with Crippen molar-refractivity contribution in [3.8, 4) is 0 Å². The molecule has 1 rings (SSSR count). The average Bonchev–Trinajstić information content (AvgIpc) is 2.28. The molecule has 104 valence electrons. The Morgan fingerprint density at radius 1 is 1.16 bits per heavy atom. The third-order valence-electron chi connectivity index (χ3n) is 2.61. The van der Waals surface area contributed by atoms with E-state index in [0.29, 0.717) is 5.69 Å². The van der Waals surface area contributed by atoms with Crippen LogP contribution in [0.4, 0.5) is 10.5 Å². The molecule has 1 unspecified atom stereocenters. The number of alkyl halides is 1. The fourth-order valence-electron chi connectivity index (χ4n) is 1.43. The molecule has 19 heavy (non-hydrogen) atoms. The number of carbonyl (C=O) groups excluding carboxylic acids is 2. The van der Waals surface area contributed by atoms with E-state index in [-0.39, 0.29) is 5.41 Å². The molecule has 3 amide bonds. The SMILES string of the molecule is CC(Cl)C(=O)NC(=O)Nc1ccc(C(C)(C)C)cc1. The van der Waals surface area contributed by atoms with E-state index in [1.54, 1.807) is 12.1 Å². The Balaban J connectivity index is 2.64. The lowest BCUT2D eigenvalue weighted by atomic mass is 9.87. The summed E-state index contributed by atoms with van der Waals surface area (Å²) in [6.45, 7) is 7.84. The van der Waals surface area contributed by atoms with Gasteiger partial charge in [-0.15, -0.1) is 11.6 Å². The number of nitrogens with one attached hydrogen (secondary N) is 2. The van der Waals surface area contributed by atoms with E-state index in [1.165, 1.54) is 12.5 Å². The van der Waals surface area contributed by atoms with Crippen LogP contribution in [0.1, 0.15) is 33.3 Å². The Hall–Kier alpha value is -1.55. The van der Waals surface area contributed by atoms with Crippen molar-refractivity contribution in [2.45, 2.75) is 38.5 Å². The number of anilines is 1. The summed E-state index contributed by atoms with van der Waals surface area (Å²) in [6, 6.07) is 6.91. The number of rotatable bonds is 2. The summed E-state index contributed by atoms with van der Waals surface area (Å²) in [6.07, 6.45) is 0. The van der Waals surface area contributed by atoms with Gasteiger partial charge in [-0.25, -0.2) is 4.79 Å². The quantitative estimate of drug-likeness (QED) is 0.818. The van der Waals surface area contributed by atoms with Gasteiger partial charge in [-0.05, 0) is 30.0 Å². The molecule has 0 aromatic heterocycles. The molecule has 0 aliphatic heterocycles. The average molecular weight is 283 g/mol. The lowest BCUT2D eigenvalue weighted by molar-refractivity contribution is -0.119. The Labute approximate surface area is 118 Å². The molecule has 0 bridgehead atoms. The number of imide groups is 1. The highest BCUT2D eigenvalue weighted by Crippen LogP contribution is 2.23. The Morgan fingerprint density at radius 3 is 2.11 bits per heavy atom. The van der Waals surface area contributed by atoms with E-state index >= 15 is 0 Å². The minimum absolute atomic E-state index is 0.0603. The number of halogens is 1. The van der Waals surface area contributed by atoms with Crippen molar-refractivity contribution in [1.29, 1.82) is 0 Å². The molecule has 0 heterocycles. The predicted octanol–water partition coefficient (Wildman–Crippen LogP) is 3.26. The molecule has 4 nitrogen and oxygen atoms in total. The summed E-state index contributed by atoms with van der Waals surface area (Å²) < 4.78 is 0. The minimum atomic E-state index is -0.742. The highest BCUT2D eigenvalue weighted by molar-refractivity contribution is 6.31. The van der Waals surface area contributed by atoms with Crippen LogP contribution in [0.15, 0.2) is 24.3 Å². The minimum Gasteiger partial charge on any atom is -0.308 e. The molecule has 0 fully saturated rings. The van der Waals surface area contributed by atoms with Crippen molar-refractivity contribution in [2.75, 3.05) is 5.32 Å². The van der Waals surface area contributed by atoms with Crippen LogP contribution in [-0.4, -0.2) is 17.3 Å². The van der Waals surface area contributed by atoms with Gasteiger partial charge in [0.25, 0.3) is 0 Å². The molecule has 0 aliphatic rings. The first-order valence-corrected chi connectivity index (χ1v) is 6.50. The summed E-state index contributed by atoms with van der Waals surface area (Å²) in [7, 11) is 0. The third kappa shape index (κ3) is 4.91. The normalized spacial score (nSPS) is 12.7.